The van der Waals surface area contributed by atoms with Crippen molar-refractivity contribution in [1.29, 1.82) is 0 Å². The van der Waals surface area contributed by atoms with Gasteiger partial charge in [0, 0.05) is 56.3 Å². The molecule has 0 spiro atoms. The van der Waals surface area contributed by atoms with E-state index in [2.05, 4.69) is 47.6 Å². The summed E-state index contributed by atoms with van der Waals surface area (Å²) in [5, 5.41) is 3.46. The summed E-state index contributed by atoms with van der Waals surface area (Å²) in [6, 6.07) is 0. The van der Waals surface area contributed by atoms with Crippen LogP contribution >= 0.6 is 35.7 Å². The second-order valence-corrected chi connectivity index (χ2v) is 8.38. The zero-order chi connectivity index (χ0) is 15.8. The number of hydrogen-bond acceptors (Lipinski definition) is 4. The van der Waals surface area contributed by atoms with E-state index in [0.29, 0.717) is 4.75 Å². The van der Waals surface area contributed by atoms with Gasteiger partial charge in [-0.2, -0.15) is 11.8 Å². The number of morpholine rings is 1. The number of rotatable bonds is 5. The van der Waals surface area contributed by atoms with Gasteiger partial charge in [-0.1, -0.05) is 0 Å². The van der Waals surface area contributed by atoms with Crippen LogP contribution < -0.4 is 5.32 Å². The largest absolute Gasteiger partial charge is 0.379 e. The third-order valence-electron chi connectivity index (χ3n) is 4.06. The maximum atomic E-state index is 5.39. The fraction of sp³-hybridized carbons (Fsp3) is 0.938. The summed E-state index contributed by atoms with van der Waals surface area (Å²) in [5.74, 6) is 2.28. The SMILES string of the molecule is CCNC(=NCCCN1CCOCC1)N1CCSC(C)(C)C1.I. The summed E-state index contributed by atoms with van der Waals surface area (Å²) in [4.78, 5) is 9.76. The molecule has 2 rings (SSSR count). The van der Waals surface area contributed by atoms with Crippen molar-refractivity contribution in [3.8, 4) is 0 Å². The molecule has 136 valence electrons. The van der Waals surface area contributed by atoms with Crippen molar-refractivity contribution < 1.29 is 4.74 Å². The van der Waals surface area contributed by atoms with E-state index < -0.39 is 0 Å². The number of halogens is 1. The maximum absolute atomic E-state index is 5.39. The highest BCUT2D eigenvalue weighted by Gasteiger charge is 2.28. The highest BCUT2D eigenvalue weighted by molar-refractivity contribution is 14.0. The molecule has 0 aromatic rings. The topological polar surface area (TPSA) is 40.1 Å². The first-order chi connectivity index (χ1) is 10.6. The van der Waals surface area contributed by atoms with E-state index in [1.54, 1.807) is 0 Å². The first-order valence-electron chi connectivity index (χ1n) is 8.58. The molecule has 7 heteroatoms. The van der Waals surface area contributed by atoms with Crippen molar-refractivity contribution in [2.75, 3.05) is 64.8 Å². The quantitative estimate of drug-likeness (QED) is 0.297. The smallest absolute Gasteiger partial charge is 0.193 e. The highest BCUT2D eigenvalue weighted by atomic mass is 127. The van der Waals surface area contributed by atoms with Gasteiger partial charge in [0.1, 0.15) is 0 Å². The Morgan fingerprint density at radius 1 is 1.26 bits per heavy atom. The van der Waals surface area contributed by atoms with Crippen molar-refractivity contribution in [2.45, 2.75) is 31.9 Å². The third-order valence-corrected chi connectivity index (χ3v) is 5.36. The van der Waals surface area contributed by atoms with Crippen LogP contribution in [0.4, 0.5) is 0 Å². The highest BCUT2D eigenvalue weighted by Crippen LogP contribution is 2.29. The molecule has 2 fully saturated rings. The second-order valence-electron chi connectivity index (χ2n) is 6.57. The van der Waals surface area contributed by atoms with Crippen LogP contribution in [-0.2, 0) is 4.74 Å². The summed E-state index contributed by atoms with van der Waals surface area (Å²) in [5.41, 5.74) is 0. The summed E-state index contributed by atoms with van der Waals surface area (Å²) in [6.07, 6.45) is 1.13. The van der Waals surface area contributed by atoms with Gasteiger partial charge >= 0.3 is 0 Å². The summed E-state index contributed by atoms with van der Waals surface area (Å²) >= 11 is 2.06. The average molecular weight is 456 g/mol. The lowest BCUT2D eigenvalue weighted by Gasteiger charge is -2.39. The standard InChI is InChI=1S/C16H32N4OS.HI/c1-4-17-15(20-10-13-22-16(2,3)14-20)18-6-5-7-19-8-11-21-12-9-19;/h4-14H2,1-3H3,(H,17,18);1H. The van der Waals surface area contributed by atoms with Crippen LogP contribution in [0.5, 0.6) is 0 Å². The molecule has 2 saturated heterocycles. The third kappa shape index (κ3) is 7.79. The molecule has 0 aromatic carbocycles. The van der Waals surface area contributed by atoms with Crippen LogP contribution in [0.15, 0.2) is 4.99 Å². The van der Waals surface area contributed by atoms with Crippen LogP contribution in [0.3, 0.4) is 0 Å². The Labute approximate surface area is 163 Å². The Morgan fingerprint density at radius 3 is 2.65 bits per heavy atom. The number of guanidine groups is 1. The minimum absolute atomic E-state index is 0. The van der Waals surface area contributed by atoms with Gasteiger partial charge in [-0.25, -0.2) is 0 Å². The first kappa shape index (κ1) is 21.3. The molecule has 2 aliphatic rings. The minimum Gasteiger partial charge on any atom is -0.379 e. The zero-order valence-electron chi connectivity index (χ0n) is 14.8. The van der Waals surface area contributed by atoms with Gasteiger partial charge in [0.15, 0.2) is 5.96 Å². The molecule has 0 aromatic heterocycles. The predicted molar refractivity (Wildman–Crippen MR) is 111 cm³/mol. The van der Waals surface area contributed by atoms with Crippen LogP contribution in [0.1, 0.15) is 27.2 Å². The predicted octanol–water partition coefficient (Wildman–Crippen LogP) is 2.12. The molecular weight excluding hydrogens is 423 g/mol. The number of thioether (sulfide) groups is 1. The molecule has 5 nitrogen and oxygen atoms in total. The molecule has 0 unspecified atom stereocenters. The van der Waals surface area contributed by atoms with Crippen LogP contribution in [0.2, 0.25) is 0 Å². The molecule has 2 heterocycles. The van der Waals surface area contributed by atoms with E-state index in [1.165, 1.54) is 5.75 Å². The van der Waals surface area contributed by atoms with Gasteiger partial charge in [0.25, 0.3) is 0 Å². The van der Waals surface area contributed by atoms with Crippen molar-refractivity contribution in [3.05, 3.63) is 0 Å². The Morgan fingerprint density at radius 2 is 2.00 bits per heavy atom. The lowest BCUT2D eigenvalue weighted by molar-refractivity contribution is 0.0377. The van der Waals surface area contributed by atoms with Gasteiger partial charge in [-0.15, -0.1) is 24.0 Å². The first-order valence-corrected chi connectivity index (χ1v) is 9.56. The lowest BCUT2D eigenvalue weighted by Crippen LogP contribution is -2.51. The van der Waals surface area contributed by atoms with Gasteiger partial charge in [0.2, 0.25) is 0 Å². The van der Waals surface area contributed by atoms with Gasteiger partial charge < -0.3 is 15.0 Å². The fourth-order valence-corrected chi connectivity index (χ4v) is 4.04. The van der Waals surface area contributed by atoms with Gasteiger partial charge in [-0.3, -0.25) is 9.89 Å². The molecular formula is C16H33IN4OS. The lowest BCUT2D eigenvalue weighted by atomic mass is 10.2. The normalized spacial score (nSPS) is 22.6. The molecule has 0 atom stereocenters. The molecule has 1 N–H and O–H groups in total. The van der Waals surface area contributed by atoms with Gasteiger partial charge in [-0.05, 0) is 27.2 Å². The average Bonchev–Trinajstić information content (AvgIpc) is 2.50. The Balaban J connectivity index is 0.00000264. The monoisotopic (exact) mass is 456 g/mol. The Hall–Kier alpha value is 0.270. The van der Waals surface area contributed by atoms with E-state index in [1.807, 2.05) is 0 Å². The second kappa shape index (κ2) is 11.0. The molecule has 0 radical (unpaired) electrons. The van der Waals surface area contributed by atoms with E-state index >= 15 is 0 Å². The van der Waals surface area contributed by atoms with E-state index in [4.69, 9.17) is 9.73 Å². The van der Waals surface area contributed by atoms with Crippen LogP contribution in [0.25, 0.3) is 0 Å². The van der Waals surface area contributed by atoms with Crippen molar-refractivity contribution in [3.63, 3.8) is 0 Å². The Kier molecular flexibility index (Phi) is 10.2. The summed E-state index contributed by atoms with van der Waals surface area (Å²) in [6.45, 7) is 15.9. The molecule has 0 bridgehead atoms. The molecule has 0 aliphatic carbocycles. The zero-order valence-corrected chi connectivity index (χ0v) is 18.0. The number of ether oxygens (including phenoxy) is 1. The number of aliphatic imine (C=N–C) groups is 1. The molecule has 0 amide bonds. The summed E-state index contributed by atoms with van der Waals surface area (Å²) in [7, 11) is 0. The van der Waals surface area contributed by atoms with Gasteiger partial charge in [0.05, 0.1) is 13.2 Å². The minimum atomic E-state index is 0. The van der Waals surface area contributed by atoms with Crippen LogP contribution in [-0.4, -0.2) is 85.3 Å². The van der Waals surface area contributed by atoms with Crippen LogP contribution in [0, 0.1) is 0 Å². The molecule has 0 saturated carbocycles. The fourth-order valence-electron chi connectivity index (χ4n) is 2.93. The van der Waals surface area contributed by atoms with E-state index in [-0.39, 0.29) is 24.0 Å². The Bertz CT molecular complexity index is 362. The molecule has 23 heavy (non-hydrogen) atoms. The van der Waals surface area contributed by atoms with Crippen molar-refractivity contribution in [2.24, 2.45) is 4.99 Å². The summed E-state index contributed by atoms with van der Waals surface area (Å²) < 4.78 is 5.71. The number of nitrogens with zero attached hydrogens (tertiary/aromatic N) is 3. The molecule has 2 aliphatic heterocycles. The number of nitrogens with one attached hydrogen (secondary N) is 1. The van der Waals surface area contributed by atoms with E-state index in [0.717, 1.165) is 71.4 Å². The van der Waals surface area contributed by atoms with E-state index in [9.17, 15) is 0 Å². The van der Waals surface area contributed by atoms with Crippen molar-refractivity contribution >= 4 is 41.7 Å². The number of hydrogen-bond donors (Lipinski definition) is 1. The maximum Gasteiger partial charge on any atom is 0.193 e. The van der Waals surface area contributed by atoms with Crippen molar-refractivity contribution in [1.82, 2.24) is 15.1 Å².